The lowest BCUT2D eigenvalue weighted by atomic mass is 10.2. The van der Waals surface area contributed by atoms with Crippen molar-refractivity contribution in [3.63, 3.8) is 0 Å². The molecule has 1 N–H and O–H groups in total. The Kier molecular flexibility index (Phi) is 4.61. The average molecular weight is 377 g/mol. The Morgan fingerprint density at radius 3 is 2.75 bits per heavy atom. The number of ether oxygens (including phenoxy) is 1. The number of benzene rings is 2. The zero-order chi connectivity index (χ0) is 19.7. The van der Waals surface area contributed by atoms with Gasteiger partial charge < -0.3 is 18.9 Å². The fourth-order valence-corrected chi connectivity index (χ4v) is 3.09. The van der Waals surface area contributed by atoms with E-state index < -0.39 is 11.9 Å². The minimum Gasteiger partial charge on any atom is -0.490 e. The molecule has 1 amide bonds. The molecule has 0 saturated heterocycles. The Hall–Kier alpha value is -3.54. The third-order valence-electron chi connectivity index (χ3n) is 4.46. The number of hydrogen-bond acceptors (Lipinski definition) is 5. The van der Waals surface area contributed by atoms with Gasteiger partial charge >= 0.3 is 0 Å². The van der Waals surface area contributed by atoms with Gasteiger partial charge in [-0.25, -0.2) is 0 Å². The van der Waals surface area contributed by atoms with Crippen LogP contribution in [0.15, 0.2) is 68.2 Å². The lowest BCUT2D eigenvalue weighted by molar-refractivity contribution is 0.0908. The molecule has 6 heteroatoms. The molecule has 2 aromatic carbocycles. The van der Waals surface area contributed by atoms with E-state index in [1.165, 1.54) is 6.07 Å². The van der Waals surface area contributed by atoms with Crippen LogP contribution in [0.3, 0.4) is 0 Å². The van der Waals surface area contributed by atoms with Crippen molar-refractivity contribution in [1.82, 2.24) is 5.32 Å². The van der Waals surface area contributed by atoms with Gasteiger partial charge in [0, 0.05) is 11.5 Å². The number of nitrogens with one attached hydrogen (secondary N) is 1. The largest absolute Gasteiger partial charge is 0.490 e. The SMILES string of the molecule is CCOc1cccc2cc(C(C)NC(=O)c3cc(=O)c4ccccc4o3)oc12. The maximum Gasteiger partial charge on any atom is 0.287 e. The molecule has 0 aliphatic heterocycles. The van der Waals surface area contributed by atoms with E-state index >= 15 is 0 Å². The second-order valence-electron chi connectivity index (χ2n) is 6.42. The number of carbonyl (C=O) groups is 1. The molecule has 2 heterocycles. The topological polar surface area (TPSA) is 81.7 Å². The van der Waals surface area contributed by atoms with Crippen LogP contribution in [0.2, 0.25) is 0 Å². The molecule has 142 valence electrons. The van der Waals surface area contributed by atoms with E-state index in [2.05, 4.69) is 5.32 Å². The Balaban J connectivity index is 1.60. The predicted molar refractivity (Wildman–Crippen MR) is 106 cm³/mol. The second-order valence-corrected chi connectivity index (χ2v) is 6.42. The molecule has 28 heavy (non-hydrogen) atoms. The fourth-order valence-electron chi connectivity index (χ4n) is 3.09. The van der Waals surface area contributed by atoms with Gasteiger partial charge in [-0.2, -0.15) is 0 Å². The van der Waals surface area contributed by atoms with Crippen LogP contribution in [0, 0.1) is 0 Å². The molecule has 0 fully saturated rings. The third kappa shape index (κ3) is 3.24. The standard InChI is InChI=1S/C22H19NO5/c1-3-26-18-10-6-7-14-11-19(28-21(14)18)13(2)23-22(25)20-12-16(24)15-8-4-5-9-17(15)27-20/h4-13H,3H2,1-2H3,(H,23,25). The van der Waals surface area contributed by atoms with Gasteiger partial charge in [-0.05, 0) is 38.1 Å². The summed E-state index contributed by atoms with van der Waals surface area (Å²) in [5, 5.41) is 4.14. The summed E-state index contributed by atoms with van der Waals surface area (Å²) in [7, 11) is 0. The van der Waals surface area contributed by atoms with Crippen LogP contribution in [0.5, 0.6) is 5.75 Å². The Bertz CT molecular complexity index is 1220. The maximum absolute atomic E-state index is 12.6. The van der Waals surface area contributed by atoms with Crippen LogP contribution in [-0.2, 0) is 0 Å². The first kappa shape index (κ1) is 17.9. The summed E-state index contributed by atoms with van der Waals surface area (Å²) in [4.78, 5) is 24.8. The van der Waals surface area contributed by atoms with Crippen LogP contribution in [0.25, 0.3) is 21.9 Å². The summed E-state index contributed by atoms with van der Waals surface area (Å²) in [5.41, 5.74) is 0.750. The van der Waals surface area contributed by atoms with E-state index in [1.807, 2.05) is 31.2 Å². The Labute approximate surface area is 160 Å². The average Bonchev–Trinajstić information content (AvgIpc) is 3.14. The summed E-state index contributed by atoms with van der Waals surface area (Å²) >= 11 is 0. The predicted octanol–water partition coefficient (Wildman–Crippen LogP) is 4.43. The monoisotopic (exact) mass is 377 g/mol. The van der Waals surface area contributed by atoms with Gasteiger partial charge in [-0.1, -0.05) is 24.3 Å². The quantitative estimate of drug-likeness (QED) is 0.556. The van der Waals surface area contributed by atoms with Crippen molar-refractivity contribution < 1.29 is 18.4 Å². The molecule has 4 rings (SSSR count). The molecule has 4 aromatic rings. The van der Waals surface area contributed by atoms with Crippen molar-refractivity contribution in [3.05, 3.63) is 76.3 Å². The van der Waals surface area contributed by atoms with Gasteiger partial charge in [-0.3, -0.25) is 9.59 Å². The zero-order valence-electron chi connectivity index (χ0n) is 15.5. The molecule has 0 bridgehead atoms. The van der Waals surface area contributed by atoms with E-state index in [-0.39, 0.29) is 11.2 Å². The summed E-state index contributed by atoms with van der Waals surface area (Å²) < 4.78 is 17.1. The summed E-state index contributed by atoms with van der Waals surface area (Å²) in [6.07, 6.45) is 0. The molecule has 0 radical (unpaired) electrons. The van der Waals surface area contributed by atoms with E-state index in [0.717, 1.165) is 5.39 Å². The van der Waals surface area contributed by atoms with Gasteiger partial charge in [0.25, 0.3) is 5.91 Å². The molecule has 0 aliphatic rings. The van der Waals surface area contributed by atoms with Crippen LogP contribution in [0.1, 0.15) is 36.2 Å². The van der Waals surface area contributed by atoms with E-state index in [4.69, 9.17) is 13.6 Å². The first-order valence-electron chi connectivity index (χ1n) is 9.06. The van der Waals surface area contributed by atoms with E-state index in [9.17, 15) is 9.59 Å². The second kappa shape index (κ2) is 7.23. The maximum atomic E-state index is 12.6. The van der Waals surface area contributed by atoms with Crippen LogP contribution >= 0.6 is 0 Å². The summed E-state index contributed by atoms with van der Waals surface area (Å²) in [5.74, 6) is 0.714. The van der Waals surface area contributed by atoms with Crippen molar-refractivity contribution in [2.45, 2.75) is 19.9 Å². The highest BCUT2D eigenvalue weighted by atomic mass is 16.5. The number of carbonyl (C=O) groups excluding carboxylic acids is 1. The fraction of sp³-hybridized carbons (Fsp3) is 0.182. The lowest BCUT2D eigenvalue weighted by Crippen LogP contribution is -2.27. The highest BCUT2D eigenvalue weighted by Gasteiger charge is 2.19. The normalized spacial score (nSPS) is 12.2. The third-order valence-corrected chi connectivity index (χ3v) is 4.46. The van der Waals surface area contributed by atoms with Gasteiger partial charge in [0.05, 0.1) is 18.0 Å². The molecule has 1 atom stereocenters. The van der Waals surface area contributed by atoms with Crippen LogP contribution in [0.4, 0.5) is 0 Å². The lowest BCUT2D eigenvalue weighted by Gasteiger charge is -2.11. The van der Waals surface area contributed by atoms with Crippen molar-refractivity contribution in [2.75, 3.05) is 6.61 Å². The van der Waals surface area contributed by atoms with E-state index in [0.29, 0.717) is 34.7 Å². The number of rotatable bonds is 5. The van der Waals surface area contributed by atoms with Crippen LogP contribution in [-0.4, -0.2) is 12.5 Å². The Morgan fingerprint density at radius 2 is 1.93 bits per heavy atom. The highest BCUT2D eigenvalue weighted by Crippen LogP contribution is 2.31. The molecular formula is C22H19NO5. The molecule has 1 unspecified atom stereocenters. The molecule has 0 spiro atoms. The zero-order valence-corrected chi connectivity index (χ0v) is 15.5. The van der Waals surface area contributed by atoms with Crippen molar-refractivity contribution in [2.24, 2.45) is 0 Å². The highest BCUT2D eigenvalue weighted by molar-refractivity contribution is 5.93. The molecule has 0 aliphatic carbocycles. The van der Waals surface area contributed by atoms with Gasteiger partial charge in [0.15, 0.2) is 22.5 Å². The van der Waals surface area contributed by atoms with Gasteiger partial charge in [0.2, 0.25) is 0 Å². The van der Waals surface area contributed by atoms with Crippen molar-refractivity contribution in [3.8, 4) is 5.75 Å². The molecule has 2 aromatic heterocycles. The van der Waals surface area contributed by atoms with Crippen molar-refractivity contribution in [1.29, 1.82) is 0 Å². The van der Waals surface area contributed by atoms with Gasteiger partial charge in [-0.15, -0.1) is 0 Å². The molecule has 6 nitrogen and oxygen atoms in total. The minimum absolute atomic E-state index is 0.0401. The first-order chi connectivity index (χ1) is 13.6. The summed E-state index contributed by atoms with van der Waals surface area (Å²) in [6, 6.07) is 15.1. The number of fused-ring (bicyclic) bond motifs is 2. The summed E-state index contributed by atoms with van der Waals surface area (Å²) in [6.45, 7) is 4.24. The minimum atomic E-state index is -0.485. The van der Waals surface area contributed by atoms with Crippen LogP contribution < -0.4 is 15.5 Å². The first-order valence-corrected chi connectivity index (χ1v) is 9.06. The molecule has 0 saturated carbocycles. The smallest absolute Gasteiger partial charge is 0.287 e. The number of furan rings is 1. The number of amides is 1. The van der Waals surface area contributed by atoms with E-state index in [1.54, 1.807) is 31.2 Å². The van der Waals surface area contributed by atoms with Gasteiger partial charge in [0.1, 0.15) is 11.3 Å². The molecular weight excluding hydrogens is 358 g/mol. The Morgan fingerprint density at radius 1 is 1.11 bits per heavy atom. The number of hydrogen-bond donors (Lipinski definition) is 1. The van der Waals surface area contributed by atoms with Crippen molar-refractivity contribution >= 4 is 27.8 Å². The number of para-hydroxylation sites is 2.